The molecule has 0 radical (unpaired) electrons. The molecule has 808 valence electrons. The number of aliphatic hydroxyl groups is 1. The number of rotatable bonds is 77. The van der Waals surface area contributed by atoms with Gasteiger partial charge in [-0.1, -0.05) is 80.8 Å². The molecular weight excluding hydrogens is 1930 g/mol. The first kappa shape index (κ1) is 126. The summed E-state index contributed by atoms with van der Waals surface area (Å²) in [5, 5.41) is 74.1. The van der Waals surface area contributed by atoms with Crippen molar-refractivity contribution in [2.75, 3.05) is 91.8 Å². The summed E-state index contributed by atoms with van der Waals surface area (Å²) >= 11 is 3.73. The Hall–Kier alpha value is -10.6. The lowest BCUT2D eigenvalue weighted by molar-refractivity contribution is -0.171. The zero-order valence-electron chi connectivity index (χ0n) is 83.4. The Morgan fingerprint density at radius 2 is 0.847 bits per heavy atom. The molecule has 19 N–H and O–H groups in total. The second-order valence-corrected chi connectivity index (χ2v) is 38.4. The van der Waals surface area contributed by atoms with E-state index in [4.69, 9.17) is 69.4 Å². The fourth-order valence-corrected chi connectivity index (χ4v) is 18.1. The average Bonchev–Trinajstić information content (AvgIpc) is 1.67. The largest absolute Gasteiger partial charge is 0.481 e. The Labute approximate surface area is 847 Å². The summed E-state index contributed by atoms with van der Waals surface area (Å²) in [6.45, 7) is 11.1. The summed E-state index contributed by atoms with van der Waals surface area (Å²) in [6.07, 6.45) is 6.80. The van der Waals surface area contributed by atoms with E-state index in [9.17, 15) is 101 Å². The Balaban J connectivity index is 0.000000502. The third-order valence-corrected chi connectivity index (χ3v) is 26.7. The Morgan fingerprint density at radius 1 is 0.410 bits per heavy atom. The molecule has 0 unspecified atom stereocenters. The summed E-state index contributed by atoms with van der Waals surface area (Å²) in [4.78, 5) is 232. The number of ether oxygens (including phenoxy) is 9. The number of benzene rings is 2. The van der Waals surface area contributed by atoms with Gasteiger partial charge in [0.2, 0.25) is 35.4 Å². The lowest BCUT2D eigenvalue weighted by Gasteiger charge is -2.22. The Kier molecular flexibility index (Phi) is 62.7. The van der Waals surface area contributed by atoms with Gasteiger partial charge in [-0.05, 0) is 148 Å². The molecule has 47 heteroatoms. The number of carboxylic acid groups (broad SMARTS) is 4. The number of nitrogens with one attached hydrogen (secondary N) is 10. The van der Waals surface area contributed by atoms with Crippen molar-refractivity contribution in [3.63, 3.8) is 0 Å². The van der Waals surface area contributed by atoms with Gasteiger partial charge in [0.15, 0.2) is 42.8 Å². The number of aliphatic hydroxyl groups excluding tert-OH is 1. The van der Waals surface area contributed by atoms with Crippen molar-refractivity contribution < 1.29 is 159 Å². The topological polar surface area (TPSA) is 681 Å². The van der Waals surface area contributed by atoms with E-state index in [0.717, 1.165) is 66.7 Å². The second-order valence-electron chi connectivity index (χ2n) is 35.9. The molecule has 2 aromatic rings. The van der Waals surface area contributed by atoms with E-state index < -0.39 is 155 Å². The number of aryl methyl sites for hydroxylation is 1. The van der Waals surface area contributed by atoms with Gasteiger partial charge in [0, 0.05) is 105 Å². The van der Waals surface area contributed by atoms with Crippen LogP contribution in [0.2, 0.25) is 0 Å². The molecule has 0 saturated carbocycles. The molecule has 16 atom stereocenters. The van der Waals surface area contributed by atoms with Gasteiger partial charge in [-0.25, -0.2) is 14.4 Å². The Morgan fingerprint density at radius 3 is 1.31 bits per heavy atom. The minimum absolute atomic E-state index is 0.00215. The number of esters is 1. The van der Waals surface area contributed by atoms with Gasteiger partial charge in [-0.15, -0.1) is 0 Å². The lowest BCUT2D eigenvalue weighted by Crippen LogP contribution is -2.48. The predicted molar refractivity (Wildman–Crippen MR) is 524 cm³/mol. The van der Waals surface area contributed by atoms with Crippen LogP contribution in [0.4, 0.5) is 9.59 Å². The van der Waals surface area contributed by atoms with Crippen LogP contribution in [0.3, 0.4) is 0 Å². The maximum absolute atomic E-state index is 13.1. The molecule has 0 aromatic heterocycles. The molecular formula is C97H150N12O33S2. The minimum atomic E-state index is -1.88. The number of hydrogen-bond donors (Lipinski definition) is 17. The van der Waals surface area contributed by atoms with E-state index in [1.54, 1.807) is 0 Å². The highest BCUT2D eigenvalue weighted by Crippen LogP contribution is 2.35. The maximum atomic E-state index is 13.1. The first-order valence-corrected chi connectivity index (χ1v) is 51.0. The van der Waals surface area contributed by atoms with E-state index in [0.29, 0.717) is 114 Å². The molecule has 4 aliphatic heterocycles. The molecule has 45 nitrogen and oxygen atoms in total. The minimum Gasteiger partial charge on any atom is -0.481 e. The highest BCUT2D eigenvalue weighted by molar-refractivity contribution is 8.00. The van der Waals surface area contributed by atoms with E-state index in [2.05, 4.69) is 53.2 Å². The van der Waals surface area contributed by atoms with Crippen LogP contribution in [0.1, 0.15) is 231 Å². The van der Waals surface area contributed by atoms with Gasteiger partial charge < -0.3 is 133 Å². The zero-order valence-corrected chi connectivity index (χ0v) is 85.0. The van der Waals surface area contributed by atoms with Crippen LogP contribution < -0.4 is 64.6 Å². The van der Waals surface area contributed by atoms with Gasteiger partial charge in [0.05, 0.1) is 99.3 Å². The van der Waals surface area contributed by atoms with Gasteiger partial charge in [0.1, 0.15) is 50.7 Å². The van der Waals surface area contributed by atoms with Crippen LogP contribution >= 0.6 is 23.5 Å². The molecule has 144 heavy (non-hydrogen) atoms. The molecule has 0 bridgehead atoms. The number of nitrogens with two attached hydrogens (primary N) is 2. The first-order chi connectivity index (χ1) is 68.7. The summed E-state index contributed by atoms with van der Waals surface area (Å²) in [6, 6.07) is 10.5. The summed E-state index contributed by atoms with van der Waals surface area (Å²) in [5.41, 5.74) is 15.2. The third kappa shape index (κ3) is 53.0. The standard InChI is InChI=1S/C41H67N5O16S.C39H64N6O15S.C17H19NO2/c1-25(40(56)62-27(3)38(52)53)19-33(49)30(11-6-7-16-42)44-35(50)14-13-28(39(54)55)20-32(48)26(2)43-36(51)15-18-59-23-61-24-60-22-58-17-8-10-29(47)9-4-5-12-34-37-31(21-63-34)45-41(57)46-37;1-23(35(50)42-25(3)37(52)53)17-31(48)28(11-6-7-14-40)43-36(51)27(38(54)55)18-30(47)24(2)41-33(49)13-16-58-21-60-22-59-20-57-15-8-10-26(46)9-4-5-12-32-34-29(19-61-32)44-39(56)45-34;1-13-2-4-15(5-3-13)11-18-17(20)10-14-6-8-16(12-19)9-7-14/h25-28,30-31,34,37H,4-24,42H2,1-3H3,(H,43,51)(H,44,50)(H,52,53)(H,54,55)(H2,45,46,57);23-25,27-29,32,34H,4-22,40H2,1-3H3,(H,41,49)(H,42,50)(H,43,51)(H,52,53)(H,54,55)(H2,44,45,56);2-9,19H,10-12H2,1H3,(H,18,20)/t25-,26+,27+,28+,30-,31-,34-,37-;23-,24-,25+,27-,28-,29-,32-,34-;/m11./s1. The third-order valence-electron chi connectivity index (χ3n) is 23.7. The van der Waals surface area contributed by atoms with Gasteiger partial charge in [0.25, 0.3) is 0 Å². The summed E-state index contributed by atoms with van der Waals surface area (Å²) < 4.78 is 46.8. The van der Waals surface area contributed by atoms with Crippen molar-refractivity contribution in [2.24, 2.45) is 35.1 Å². The van der Waals surface area contributed by atoms with Crippen LogP contribution in [0.25, 0.3) is 0 Å². The van der Waals surface area contributed by atoms with Crippen molar-refractivity contribution in [1.82, 2.24) is 53.2 Å². The van der Waals surface area contributed by atoms with Crippen LogP contribution in [0, 0.1) is 30.6 Å². The predicted octanol–water partition coefficient (Wildman–Crippen LogP) is 4.26. The molecule has 4 aliphatic rings. The van der Waals surface area contributed by atoms with Crippen molar-refractivity contribution in [3.05, 3.63) is 70.8 Å². The number of aliphatic carboxylic acids is 4. The normalized spacial score (nSPS) is 17.9. The van der Waals surface area contributed by atoms with Gasteiger partial charge >= 0.3 is 41.9 Å². The number of thioether (sulfide) groups is 2. The molecule has 6 rings (SSSR count). The monoisotopic (exact) mass is 2070 g/mol. The smallest absolute Gasteiger partial charge is 0.344 e. The van der Waals surface area contributed by atoms with Crippen LogP contribution in [0.5, 0.6) is 0 Å². The molecule has 2 aromatic carbocycles. The number of carbonyl (C=O) groups is 19. The average molecular weight is 2080 g/mol. The summed E-state index contributed by atoms with van der Waals surface area (Å²) in [5.74, 6) is -15.3. The SMILES string of the molecule is C[C@H](CC(=O)[C@@H](CCCCN)NC(=O)CC[C@@H](CC(=O)[C@H](C)NC(=O)CCOCOCOCOCCCC(=O)CCCC[C@H]1SC[C@H]2NC(=O)N[C@H]21)C(=O)O)C(=O)O[C@@H](C)C(=O)O.C[C@H](CC(=O)[C@@H](CCCCN)NC(=O)[C@@H](CC(=O)[C@@H](C)NC(=O)CCOCOCOCOCCCC(=O)CCCC[C@H]1SC[C@H]2NC(=O)N[C@H]21)C(=O)O)C(=O)N[C@@H](C)C(=O)O.Cc1ccc(CNC(=O)Cc2ccc(CO)cc2)cc1. The number of carboxylic acids is 4. The number of ketones is 6. The van der Waals surface area contributed by atoms with Crippen LogP contribution in [-0.4, -0.2) is 300 Å². The molecule has 0 aliphatic carbocycles. The maximum Gasteiger partial charge on any atom is 0.344 e. The highest BCUT2D eigenvalue weighted by Gasteiger charge is 2.45. The lowest BCUT2D eigenvalue weighted by atomic mass is 9.93. The second kappa shape index (κ2) is 71.9. The van der Waals surface area contributed by atoms with Crippen molar-refractivity contribution in [1.29, 1.82) is 0 Å². The molecule has 4 saturated heterocycles. The number of Topliss-reactive ketones (excluding diaryl/α,β-unsaturated/α-hetero) is 6. The molecule has 0 spiro atoms. The number of urea groups is 2. The highest BCUT2D eigenvalue weighted by atomic mass is 32.2. The van der Waals surface area contributed by atoms with Crippen molar-refractivity contribution in [3.8, 4) is 0 Å². The molecule has 10 amide bonds. The van der Waals surface area contributed by atoms with E-state index in [1.807, 2.05) is 79.0 Å². The summed E-state index contributed by atoms with van der Waals surface area (Å²) in [7, 11) is 0. The van der Waals surface area contributed by atoms with Crippen LogP contribution in [0.15, 0.2) is 48.5 Å². The van der Waals surface area contributed by atoms with Crippen molar-refractivity contribution in [2.45, 2.75) is 306 Å². The molecule has 4 heterocycles. The number of unbranched alkanes of at least 4 members (excludes halogenated alkanes) is 4. The van der Waals surface area contributed by atoms with Crippen LogP contribution in [-0.2, 0) is 144 Å². The van der Waals surface area contributed by atoms with Gasteiger partial charge in [-0.3, -0.25) is 76.7 Å². The van der Waals surface area contributed by atoms with E-state index >= 15 is 0 Å². The Bertz CT molecular complexity index is 4390. The number of hydrogen-bond acceptors (Lipinski definition) is 33. The number of carbonyl (C=O) groups excluding carboxylic acids is 15. The molecule has 4 fully saturated rings. The first-order valence-electron chi connectivity index (χ1n) is 48.9. The van der Waals surface area contributed by atoms with Gasteiger partial charge in [-0.2, -0.15) is 23.5 Å². The number of amides is 10. The quantitative estimate of drug-likeness (QED) is 0.0145. The number of fused-ring (bicyclic) bond motifs is 2. The fraction of sp³-hybridized carbons (Fsp3) is 0.680. The fourth-order valence-electron chi connectivity index (χ4n) is 15.1. The van der Waals surface area contributed by atoms with E-state index in [-0.39, 0.29) is 166 Å². The van der Waals surface area contributed by atoms with E-state index in [1.165, 1.54) is 47.1 Å². The van der Waals surface area contributed by atoms with Crippen molar-refractivity contribution >= 4 is 136 Å². The zero-order chi connectivity index (χ0) is 106.